The maximum absolute atomic E-state index is 9.18. The lowest BCUT2D eigenvalue weighted by atomic mass is 9.98. The van der Waals surface area contributed by atoms with Crippen molar-refractivity contribution in [2.75, 3.05) is 13.2 Å². The van der Waals surface area contributed by atoms with Crippen LogP contribution in [-0.2, 0) is 9.47 Å². The minimum atomic E-state index is -0.261. The average Bonchev–Trinajstić information content (AvgIpc) is 2.33. The molecule has 2 aliphatic heterocycles. The molecule has 2 fully saturated rings. The van der Waals surface area contributed by atoms with Crippen LogP contribution in [0.25, 0.3) is 0 Å². The number of ether oxygens (including phenoxy) is 2. The Labute approximate surface area is 59.9 Å². The second-order valence-electron chi connectivity index (χ2n) is 3.01. The summed E-state index contributed by atoms with van der Waals surface area (Å²) in [4.78, 5) is 0. The van der Waals surface area contributed by atoms with Gasteiger partial charge in [-0.05, 0) is 12.8 Å². The SMILES string of the molecule is OC1COC2OCCC2C1. The molecule has 2 rings (SSSR count). The van der Waals surface area contributed by atoms with Crippen LogP contribution in [0.1, 0.15) is 12.8 Å². The van der Waals surface area contributed by atoms with Crippen LogP contribution in [0.2, 0.25) is 0 Å². The molecule has 10 heavy (non-hydrogen) atoms. The smallest absolute Gasteiger partial charge is 0.160 e. The van der Waals surface area contributed by atoms with Gasteiger partial charge in [0, 0.05) is 5.92 Å². The molecule has 0 saturated carbocycles. The first-order valence-electron chi connectivity index (χ1n) is 3.77. The van der Waals surface area contributed by atoms with Crippen LogP contribution < -0.4 is 0 Å². The molecule has 0 bridgehead atoms. The number of hydrogen-bond acceptors (Lipinski definition) is 3. The molecule has 0 aliphatic carbocycles. The molecule has 2 aliphatic rings. The molecule has 3 atom stereocenters. The molecule has 1 N–H and O–H groups in total. The van der Waals surface area contributed by atoms with E-state index >= 15 is 0 Å². The molecule has 0 aromatic carbocycles. The molecule has 3 nitrogen and oxygen atoms in total. The second-order valence-corrected chi connectivity index (χ2v) is 3.01. The topological polar surface area (TPSA) is 38.7 Å². The van der Waals surface area contributed by atoms with Crippen molar-refractivity contribution in [3.05, 3.63) is 0 Å². The van der Waals surface area contributed by atoms with E-state index in [9.17, 15) is 5.11 Å². The summed E-state index contributed by atoms with van der Waals surface area (Å²) < 4.78 is 10.5. The van der Waals surface area contributed by atoms with Gasteiger partial charge in [-0.1, -0.05) is 0 Å². The molecular formula is C7H12O3. The summed E-state index contributed by atoms with van der Waals surface area (Å²) in [7, 11) is 0. The molecule has 2 heterocycles. The first-order chi connectivity index (χ1) is 4.86. The van der Waals surface area contributed by atoms with Crippen LogP contribution in [0.5, 0.6) is 0 Å². The third kappa shape index (κ3) is 1.05. The zero-order valence-electron chi connectivity index (χ0n) is 5.82. The Balaban J connectivity index is 1.96. The van der Waals surface area contributed by atoms with E-state index in [-0.39, 0.29) is 12.4 Å². The number of aliphatic hydroxyl groups is 1. The summed E-state index contributed by atoms with van der Waals surface area (Å²) in [5.74, 6) is 0.448. The third-order valence-electron chi connectivity index (χ3n) is 2.18. The lowest BCUT2D eigenvalue weighted by Gasteiger charge is -2.27. The molecule has 3 unspecified atom stereocenters. The number of hydrogen-bond donors (Lipinski definition) is 1. The van der Waals surface area contributed by atoms with Crippen molar-refractivity contribution >= 4 is 0 Å². The first-order valence-corrected chi connectivity index (χ1v) is 3.77. The summed E-state index contributed by atoms with van der Waals surface area (Å²) in [6.07, 6.45) is 1.62. The van der Waals surface area contributed by atoms with E-state index in [1.54, 1.807) is 0 Å². The first kappa shape index (κ1) is 6.58. The molecule has 58 valence electrons. The van der Waals surface area contributed by atoms with Gasteiger partial charge in [-0.25, -0.2) is 0 Å². The van der Waals surface area contributed by atoms with Gasteiger partial charge < -0.3 is 14.6 Å². The molecule has 0 amide bonds. The number of rotatable bonds is 0. The van der Waals surface area contributed by atoms with Crippen molar-refractivity contribution in [3.8, 4) is 0 Å². The zero-order chi connectivity index (χ0) is 6.97. The summed E-state index contributed by atoms with van der Waals surface area (Å²) in [5.41, 5.74) is 0. The molecular weight excluding hydrogens is 132 g/mol. The van der Waals surface area contributed by atoms with Crippen LogP contribution in [0.15, 0.2) is 0 Å². The number of fused-ring (bicyclic) bond motifs is 1. The molecule has 2 saturated heterocycles. The van der Waals surface area contributed by atoms with Crippen LogP contribution in [0.4, 0.5) is 0 Å². The number of aliphatic hydroxyl groups excluding tert-OH is 1. The largest absolute Gasteiger partial charge is 0.391 e. The fourth-order valence-corrected chi connectivity index (χ4v) is 1.64. The zero-order valence-corrected chi connectivity index (χ0v) is 5.82. The highest BCUT2D eigenvalue weighted by Gasteiger charge is 2.34. The minimum absolute atomic E-state index is 0.0107. The van der Waals surface area contributed by atoms with Gasteiger partial charge in [-0.3, -0.25) is 0 Å². The van der Waals surface area contributed by atoms with Gasteiger partial charge in [0.25, 0.3) is 0 Å². The van der Waals surface area contributed by atoms with Crippen molar-refractivity contribution in [3.63, 3.8) is 0 Å². The Morgan fingerprint density at radius 2 is 2.20 bits per heavy atom. The van der Waals surface area contributed by atoms with E-state index in [0.29, 0.717) is 12.5 Å². The molecule has 0 aromatic rings. The normalized spacial score (nSPS) is 47.1. The van der Waals surface area contributed by atoms with Crippen molar-refractivity contribution in [2.24, 2.45) is 5.92 Å². The van der Waals surface area contributed by atoms with Gasteiger partial charge in [0.2, 0.25) is 0 Å². The lowest BCUT2D eigenvalue weighted by Crippen LogP contribution is -2.34. The Hall–Kier alpha value is -0.120. The third-order valence-corrected chi connectivity index (χ3v) is 2.18. The van der Waals surface area contributed by atoms with E-state index in [1.807, 2.05) is 0 Å². The van der Waals surface area contributed by atoms with Gasteiger partial charge in [-0.2, -0.15) is 0 Å². The quantitative estimate of drug-likeness (QED) is 0.525. The molecule has 3 heteroatoms. The van der Waals surface area contributed by atoms with E-state index in [4.69, 9.17) is 9.47 Å². The summed E-state index contributed by atoms with van der Waals surface area (Å²) >= 11 is 0. The molecule has 0 spiro atoms. The minimum Gasteiger partial charge on any atom is -0.391 e. The Morgan fingerprint density at radius 3 is 3.10 bits per heavy atom. The van der Waals surface area contributed by atoms with Crippen molar-refractivity contribution in [1.29, 1.82) is 0 Å². The summed E-state index contributed by atoms with van der Waals surface area (Å²) in [5, 5.41) is 9.18. The second kappa shape index (κ2) is 2.49. The maximum Gasteiger partial charge on any atom is 0.160 e. The summed E-state index contributed by atoms with van der Waals surface area (Å²) in [6.45, 7) is 1.24. The highest BCUT2D eigenvalue weighted by molar-refractivity contribution is 4.77. The van der Waals surface area contributed by atoms with E-state index in [1.165, 1.54) is 0 Å². The highest BCUT2D eigenvalue weighted by atomic mass is 16.7. The van der Waals surface area contributed by atoms with Crippen molar-refractivity contribution in [1.82, 2.24) is 0 Å². The fourth-order valence-electron chi connectivity index (χ4n) is 1.64. The van der Waals surface area contributed by atoms with E-state index < -0.39 is 0 Å². The lowest BCUT2D eigenvalue weighted by molar-refractivity contribution is -0.179. The maximum atomic E-state index is 9.18. The Morgan fingerprint density at radius 1 is 1.30 bits per heavy atom. The molecule has 0 radical (unpaired) electrons. The summed E-state index contributed by atoms with van der Waals surface area (Å²) in [6, 6.07) is 0. The van der Waals surface area contributed by atoms with E-state index in [2.05, 4.69) is 0 Å². The van der Waals surface area contributed by atoms with Crippen LogP contribution in [-0.4, -0.2) is 30.7 Å². The Bertz CT molecular complexity index is 126. The van der Waals surface area contributed by atoms with Gasteiger partial charge in [-0.15, -0.1) is 0 Å². The standard InChI is InChI=1S/C7H12O3/c8-6-3-5-1-2-9-7(5)10-4-6/h5-8H,1-4H2. The van der Waals surface area contributed by atoms with Crippen LogP contribution in [0.3, 0.4) is 0 Å². The highest BCUT2D eigenvalue weighted by Crippen LogP contribution is 2.29. The van der Waals surface area contributed by atoms with Crippen molar-refractivity contribution in [2.45, 2.75) is 25.2 Å². The Kier molecular flexibility index (Phi) is 1.64. The predicted octanol–water partition coefficient (Wildman–Crippen LogP) is 0.130. The van der Waals surface area contributed by atoms with Crippen LogP contribution in [0, 0.1) is 5.92 Å². The molecule has 0 aromatic heterocycles. The fraction of sp³-hybridized carbons (Fsp3) is 1.00. The van der Waals surface area contributed by atoms with Gasteiger partial charge in [0.1, 0.15) is 0 Å². The monoisotopic (exact) mass is 144 g/mol. The van der Waals surface area contributed by atoms with Gasteiger partial charge >= 0.3 is 0 Å². The van der Waals surface area contributed by atoms with Crippen LogP contribution >= 0.6 is 0 Å². The van der Waals surface area contributed by atoms with Gasteiger partial charge in [0.05, 0.1) is 19.3 Å². The average molecular weight is 144 g/mol. The van der Waals surface area contributed by atoms with Gasteiger partial charge in [0.15, 0.2) is 6.29 Å². The van der Waals surface area contributed by atoms with E-state index in [0.717, 1.165) is 19.4 Å². The predicted molar refractivity (Wildman–Crippen MR) is 34.4 cm³/mol. The van der Waals surface area contributed by atoms with Crippen molar-refractivity contribution < 1.29 is 14.6 Å².